The van der Waals surface area contributed by atoms with Crippen molar-refractivity contribution in [2.75, 3.05) is 5.32 Å². The minimum atomic E-state index is 0.0688. The zero-order valence-electron chi connectivity index (χ0n) is 11.9. The van der Waals surface area contributed by atoms with E-state index in [4.69, 9.17) is 4.42 Å². The van der Waals surface area contributed by atoms with Crippen LogP contribution in [0.5, 0.6) is 0 Å². The highest BCUT2D eigenvalue weighted by molar-refractivity contribution is 5.77. The zero-order chi connectivity index (χ0) is 14.2. The van der Waals surface area contributed by atoms with E-state index < -0.39 is 0 Å². The second kappa shape index (κ2) is 4.88. The molecule has 3 aromatic rings. The van der Waals surface area contributed by atoms with Gasteiger partial charge in [-0.25, -0.2) is 9.97 Å². The Morgan fingerprint density at radius 2 is 2.10 bits per heavy atom. The van der Waals surface area contributed by atoms with Crippen molar-refractivity contribution in [1.82, 2.24) is 9.97 Å². The average Bonchev–Trinajstić information content (AvgIpc) is 3.26. The second-order valence-corrected chi connectivity index (χ2v) is 5.63. The van der Waals surface area contributed by atoms with E-state index in [1.54, 1.807) is 0 Å². The van der Waals surface area contributed by atoms with Crippen LogP contribution in [-0.2, 0) is 0 Å². The molecular formula is C17H17N3O. The van der Waals surface area contributed by atoms with E-state index in [2.05, 4.69) is 34.3 Å². The highest BCUT2D eigenvalue weighted by atomic mass is 16.3. The van der Waals surface area contributed by atoms with Crippen molar-refractivity contribution < 1.29 is 4.42 Å². The standard InChI is InChI=1S/C17H17N3O/c1-11(15-10-13-4-2-3-5-14(13)21-15)19-16-8-9-18-17(20-16)12-6-7-12/h2-5,8-12H,6-7H2,1H3,(H,18,19,20)/t11-/m1/s1. The number of para-hydroxylation sites is 1. The fraction of sp³-hybridized carbons (Fsp3) is 0.294. The monoisotopic (exact) mass is 279 g/mol. The minimum absolute atomic E-state index is 0.0688. The van der Waals surface area contributed by atoms with Crippen molar-refractivity contribution in [3.8, 4) is 0 Å². The lowest BCUT2D eigenvalue weighted by molar-refractivity contribution is 0.525. The summed E-state index contributed by atoms with van der Waals surface area (Å²) in [6.45, 7) is 2.08. The van der Waals surface area contributed by atoms with Gasteiger partial charge < -0.3 is 9.73 Å². The van der Waals surface area contributed by atoms with Crippen LogP contribution in [0.1, 0.15) is 43.3 Å². The Balaban J connectivity index is 1.56. The number of benzene rings is 1. The highest BCUT2D eigenvalue weighted by Gasteiger charge is 2.26. The van der Waals surface area contributed by atoms with Crippen LogP contribution in [0.4, 0.5) is 5.82 Å². The number of furan rings is 1. The molecule has 1 N–H and O–H groups in total. The first-order valence-corrected chi connectivity index (χ1v) is 7.37. The second-order valence-electron chi connectivity index (χ2n) is 5.63. The predicted octanol–water partition coefficient (Wildman–Crippen LogP) is 4.27. The molecule has 4 nitrogen and oxygen atoms in total. The summed E-state index contributed by atoms with van der Waals surface area (Å²) in [5, 5.41) is 4.52. The first-order chi connectivity index (χ1) is 10.3. The molecule has 1 aliphatic carbocycles. The molecule has 1 aliphatic rings. The molecule has 0 amide bonds. The van der Waals surface area contributed by atoms with E-state index in [1.807, 2.05) is 30.5 Å². The number of anilines is 1. The van der Waals surface area contributed by atoms with Gasteiger partial charge in [0.2, 0.25) is 0 Å². The molecule has 0 spiro atoms. The van der Waals surface area contributed by atoms with Crippen LogP contribution in [0, 0.1) is 0 Å². The quantitative estimate of drug-likeness (QED) is 0.774. The smallest absolute Gasteiger partial charge is 0.134 e. The van der Waals surface area contributed by atoms with Gasteiger partial charge in [0.15, 0.2) is 0 Å². The average molecular weight is 279 g/mol. The summed E-state index contributed by atoms with van der Waals surface area (Å²) in [4.78, 5) is 8.93. The Hall–Kier alpha value is -2.36. The van der Waals surface area contributed by atoms with Gasteiger partial charge in [-0.15, -0.1) is 0 Å². The van der Waals surface area contributed by atoms with Crippen molar-refractivity contribution in [3.63, 3.8) is 0 Å². The minimum Gasteiger partial charge on any atom is -0.459 e. The number of hydrogen-bond acceptors (Lipinski definition) is 4. The maximum absolute atomic E-state index is 5.89. The van der Waals surface area contributed by atoms with Gasteiger partial charge in [-0.05, 0) is 38.0 Å². The molecule has 1 fully saturated rings. The normalized spacial score (nSPS) is 16.0. The number of hydrogen-bond donors (Lipinski definition) is 1. The van der Waals surface area contributed by atoms with Gasteiger partial charge in [-0.2, -0.15) is 0 Å². The highest BCUT2D eigenvalue weighted by Crippen LogP contribution is 2.38. The van der Waals surface area contributed by atoms with Gasteiger partial charge in [-0.3, -0.25) is 0 Å². The zero-order valence-corrected chi connectivity index (χ0v) is 11.9. The summed E-state index contributed by atoms with van der Waals surface area (Å²) < 4.78 is 5.89. The third-order valence-corrected chi connectivity index (χ3v) is 3.85. The fourth-order valence-corrected chi connectivity index (χ4v) is 2.50. The lowest BCUT2D eigenvalue weighted by Gasteiger charge is -2.12. The number of nitrogens with one attached hydrogen (secondary N) is 1. The SMILES string of the molecule is C[C@@H](Nc1ccnc(C2CC2)n1)c1cc2ccccc2o1. The van der Waals surface area contributed by atoms with E-state index in [0.717, 1.165) is 28.4 Å². The third kappa shape index (κ3) is 2.49. The summed E-state index contributed by atoms with van der Waals surface area (Å²) in [5.41, 5.74) is 0.919. The molecule has 0 saturated heterocycles. The van der Waals surface area contributed by atoms with E-state index >= 15 is 0 Å². The molecule has 1 aromatic carbocycles. The van der Waals surface area contributed by atoms with Crippen LogP contribution < -0.4 is 5.32 Å². The molecule has 4 heteroatoms. The summed E-state index contributed by atoms with van der Waals surface area (Å²) >= 11 is 0. The van der Waals surface area contributed by atoms with Crippen molar-refractivity contribution >= 4 is 16.8 Å². The van der Waals surface area contributed by atoms with Gasteiger partial charge in [0.05, 0.1) is 6.04 Å². The first kappa shape index (κ1) is 12.4. The molecule has 21 heavy (non-hydrogen) atoms. The predicted molar refractivity (Wildman–Crippen MR) is 82.3 cm³/mol. The van der Waals surface area contributed by atoms with Crippen molar-refractivity contribution in [2.45, 2.75) is 31.7 Å². The van der Waals surface area contributed by atoms with Crippen LogP contribution in [0.3, 0.4) is 0 Å². The molecule has 0 unspecified atom stereocenters. The molecule has 2 heterocycles. The summed E-state index contributed by atoms with van der Waals surface area (Å²) in [5.74, 6) is 3.30. The van der Waals surface area contributed by atoms with Crippen molar-refractivity contribution in [3.05, 3.63) is 54.2 Å². The topological polar surface area (TPSA) is 51.0 Å². The Morgan fingerprint density at radius 1 is 1.24 bits per heavy atom. The Bertz CT molecular complexity index is 743. The lowest BCUT2D eigenvalue weighted by atomic mass is 10.2. The summed E-state index contributed by atoms with van der Waals surface area (Å²) in [6, 6.07) is 12.1. The number of fused-ring (bicyclic) bond motifs is 1. The summed E-state index contributed by atoms with van der Waals surface area (Å²) in [6.07, 6.45) is 4.25. The van der Waals surface area contributed by atoms with E-state index in [-0.39, 0.29) is 6.04 Å². The van der Waals surface area contributed by atoms with Gasteiger partial charge in [0, 0.05) is 17.5 Å². The van der Waals surface area contributed by atoms with Crippen molar-refractivity contribution in [2.24, 2.45) is 0 Å². The molecule has 2 aromatic heterocycles. The maximum Gasteiger partial charge on any atom is 0.134 e. The van der Waals surface area contributed by atoms with E-state index in [0.29, 0.717) is 5.92 Å². The molecule has 0 bridgehead atoms. The summed E-state index contributed by atoms with van der Waals surface area (Å²) in [7, 11) is 0. The number of rotatable bonds is 4. The molecule has 1 saturated carbocycles. The van der Waals surface area contributed by atoms with Gasteiger partial charge >= 0.3 is 0 Å². The fourth-order valence-electron chi connectivity index (χ4n) is 2.50. The lowest BCUT2D eigenvalue weighted by Crippen LogP contribution is -2.08. The Kier molecular flexibility index (Phi) is 2.88. The third-order valence-electron chi connectivity index (χ3n) is 3.85. The molecular weight excluding hydrogens is 262 g/mol. The first-order valence-electron chi connectivity index (χ1n) is 7.37. The van der Waals surface area contributed by atoms with E-state index in [9.17, 15) is 0 Å². The molecule has 0 aliphatic heterocycles. The van der Waals surface area contributed by atoms with Crippen molar-refractivity contribution in [1.29, 1.82) is 0 Å². The Morgan fingerprint density at radius 3 is 2.90 bits per heavy atom. The maximum atomic E-state index is 5.89. The van der Waals surface area contributed by atoms with Gasteiger partial charge in [0.1, 0.15) is 23.0 Å². The van der Waals surface area contributed by atoms with Crippen LogP contribution in [-0.4, -0.2) is 9.97 Å². The molecule has 106 valence electrons. The van der Waals surface area contributed by atoms with E-state index in [1.165, 1.54) is 12.8 Å². The molecule has 1 atom stereocenters. The van der Waals surface area contributed by atoms with Gasteiger partial charge in [-0.1, -0.05) is 18.2 Å². The van der Waals surface area contributed by atoms with Crippen LogP contribution in [0.2, 0.25) is 0 Å². The van der Waals surface area contributed by atoms with Crippen LogP contribution >= 0.6 is 0 Å². The van der Waals surface area contributed by atoms with Crippen LogP contribution in [0.15, 0.2) is 47.0 Å². The molecule has 4 rings (SSSR count). The molecule has 0 radical (unpaired) electrons. The largest absolute Gasteiger partial charge is 0.459 e. The number of nitrogens with zero attached hydrogens (tertiary/aromatic N) is 2. The van der Waals surface area contributed by atoms with Gasteiger partial charge in [0.25, 0.3) is 0 Å². The van der Waals surface area contributed by atoms with Crippen LogP contribution in [0.25, 0.3) is 11.0 Å². The Labute approximate surface area is 123 Å². The number of aromatic nitrogens is 2.